The van der Waals surface area contributed by atoms with E-state index in [9.17, 15) is 0 Å². The first-order chi connectivity index (χ1) is 10.2. The largest absolute Gasteiger partial charge is 0.491 e. The first kappa shape index (κ1) is 15.7. The van der Waals surface area contributed by atoms with Crippen LogP contribution in [0.3, 0.4) is 0 Å². The molecule has 0 saturated heterocycles. The fourth-order valence-electron chi connectivity index (χ4n) is 2.12. The molecule has 4 heteroatoms. The van der Waals surface area contributed by atoms with E-state index in [-0.39, 0.29) is 6.10 Å². The van der Waals surface area contributed by atoms with E-state index in [4.69, 9.17) is 4.74 Å². The van der Waals surface area contributed by atoms with Crippen LogP contribution >= 0.6 is 0 Å². The van der Waals surface area contributed by atoms with Crippen LogP contribution in [0.4, 0.5) is 0 Å². The Labute approximate surface area is 128 Å². The molecule has 0 amide bonds. The highest BCUT2D eigenvalue weighted by Crippen LogP contribution is 2.27. The summed E-state index contributed by atoms with van der Waals surface area (Å²) in [6.07, 6.45) is 3.91. The van der Waals surface area contributed by atoms with Crippen LogP contribution in [0.2, 0.25) is 0 Å². The molecule has 2 N–H and O–H groups in total. The quantitative estimate of drug-likeness (QED) is 0.599. The number of hydrogen-bond donors (Lipinski definition) is 2. The van der Waals surface area contributed by atoms with Gasteiger partial charge in [0.25, 0.3) is 0 Å². The fourth-order valence-corrected chi connectivity index (χ4v) is 2.12. The van der Waals surface area contributed by atoms with Gasteiger partial charge >= 0.3 is 0 Å². The molecule has 0 spiro atoms. The van der Waals surface area contributed by atoms with E-state index in [2.05, 4.69) is 27.8 Å². The molecule has 0 bridgehead atoms. The number of ether oxygens (including phenoxy) is 1. The van der Waals surface area contributed by atoms with Crippen molar-refractivity contribution in [1.29, 1.82) is 0 Å². The maximum atomic E-state index is 5.64. The van der Waals surface area contributed by atoms with Crippen molar-refractivity contribution in [2.24, 2.45) is 10.9 Å². The summed E-state index contributed by atoms with van der Waals surface area (Å²) in [7, 11) is 1.82. The van der Waals surface area contributed by atoms with Crippen molar-refractivity contribution in [2.75, 3.05) is 20.1 Å². The highest BCUT2D eigenvalue weighted by atomic mass is 16.5. The molecule has 4 nitrogen and oxygen atoms in total. The number of benzene rings is 1. The second kappa shape index (κ2) is 7.91. The van der Waals surface area contributed by atoms with Gasteiger partial charge in [-0.25, -0.2) is 0 Å². The normalized spacial score (nSPS) is 15.1. The Morgan fingerprint density at radius 3 is 2.52 bits per heavy atom. The lowest BCUT2D eigenvalue weighted by Gasteiger charge is -2.12. The topological polar surface area (TPSA) is 45.7 Å². The van der Waals surface area contributed by atoms with Crippen molar-refractivity contribution >= 4 is 5.96 Å². The van der Waals surface area contributed by atoms with Gasteiger partial charge < -0.3 is 15.4 Å². The number of nitrogens with zero attached hydrogens (tertiary/aromatic N) is 1. The minimum absolute atomic E-state index is 0.221. The van der Waals surface area contributed by atoms with Gasteiger partial charge in [-0.05, 0) is 56.7 Å². The monoisotopic (exact) mass is 289 g/mol. The summed E-state index contributed by atoms with van der Waals surface area (Å²) in [5.74, 6) is 2.70. The fraction of sp³-hybridized carbons (Fsp3) is 0.588. The summed E-state index contributed by atoms with van der Waals surface area (Å²) < 4.78 is 5.64. The smallest absolute Gasteiger partial charge is 0.190 e. The van der Waals surface area contributed by atoms with E-state index in [1.807, 2.05) is 33.0 Å². The average Bonchev–Trinajstić information content (AvgIpc) is 3.28. The molecule has 1 aliphatic carbocycles. The van der Waals surface area contributed by atoms with Gasteiger partial charge in [0.05, 0.1) is 6.10 Å². The molecule has 2 rings (SSSR count). The van der Waals surface area contributed by atoms with Crippen LogP contribution in [0.5, 0.6) is 5.75 Å². The lowest BCUT2D eigenvalue weighted by Crippen LogP contribution is -2.39. The van der Waals surface area contributed by atoms with Crippen LogP contribution in [0.15, 0.2) is 29.3 Å². The summed E-state index contributed by atoms with van der Waals surface area (Å²) in [6.45, 7) is 6.01. The Balaban J connectivity index is 1.69. The molecule has 21 heavy (non-hydrogen) atoms. The predicted molar refractivity (Wildman–Crippen MR) is 88.0 cm³/mol. The lowest BCUT2D eigenvalue weighted by molar-refractivity contribution is 0.242. The molecule has 1 aromatic carbocycles. The van der Waals surface area contributed by atoms with E-state index in [1.54, 1.807) is 0 Å². The van der Waals surface area contributed by atoms with Gasteiger partial charge in [0, 0.05) is 20.1 Å². The van der Waals surface area contributed by atoms with Gasteiger partial charge in [-0.1, -0.05) is 12.1 Å². The molecule has 1 saturated carbocycles. The third-order valence-corrected chi connectivity index (χ3v) is 3.48. The molecule has 0 radical (unpaired) electrons. The second-order valence-corrected chi connectivity index (χ2v) is 5.88. The number of aliphatic imine (C=N–C) groups is 1. The number of rotatable bonds is 7. The zero-order valence-electron chi connectivity index (χ0n) is 13.4. The average molecular weight is 289 g/mol. The standard InChI is InChI=1S/C17H27N3O/c1-13(2)21-16-8-6-14(7-9-16)10-11-19-17(18-3)20-12-15-4-5-15/h6-9,13,15H,4-5,10-12H2,1-3H3,(H2,18,19,20). The van der Waals surface area contributed by atoms with Crippen LogP contribution in [0.25, 0.3) is 0 Å². The van der Waals surface area contributed by atoms with E-state index < -0.39 is 0 Å². The molecule has 1 aliphatic rings. The lowest BCUT2D eigenvalue weighted by atomic mass is 10.1. The zero-order chi connectivity index (χ0) is 15.1. The molecule has 116 valence electrons. The van der Waals surface area contributed by atoms with Crippen LogP contribution in [0, 0.1) is 5.92 Å². The number of guanidine groups is 1. The van der Waals surface area contributed by atoms with Gasteiger partial charge in [-0.15, -0.1) is 0 Å². The van der Waals surface area contributed by atoms with Crippen LogP contribution < -0.4 is 15.4 Å². The van der Waals surface area contributed by atoms with Gasteiger partial charge in [0.1, 0.15) is 5.75 Å². The summed E-state index contributed by atoms with van der Waals surface area (Å²) >= 11 is 0. The number of nitrogens with one attached hydrogen (secondary N) is 2. The molecule has 0 unspecified atom stereocenters. The van der Waals surface area contributed by atoms with Gasteiger partial charge in [0.2, 0.25) is 0 Å². The van der Waals surface area contributed by atoms with E-state index in [1.165, 1.54) is 18.4 Å². The molecular formula is C17H27N3O. The van der Waals surface area contributed by atoms with Crippen LogP contribution in [0.1, 0.15) is 32.3 Å². The summed E-state index contributed by atoms with van der Waals surface area (Å²) in [6, 6.07) is 8.32. The summed E-state index contributed by atoms with van der Waals surface area (Å²) in [5.41, 5.74) is 1.30. The van der Waals surface area contributed by atoms with Crippen LogP contribution in [-0.4, -0.2) is 32.2 Å². The molecule has 0 aliphatic heterocycles. The van der Waals surface area contributed by atoms with Crippen LogP contribution in [-0.2, 0) is 6.42 Å². The summed E-state index contributed by atoms with van der Waals surface area (Å²) in [4.78, 5) is 4.24. The Morgan fingerprint density at radius 2 is 1.95 bits per heavy atom. The van der Waals surface area contributed by atoms with Crippen molar-refractivity contribution in [3.8, 4) is 5.75 Å². The SMILES string of the molecule is CN=C(NCCc1ccc(OC(C)C)cc1)NCC1CC1. The molecule has 0 aromatic heterocycles. The zero-order valence-corrected chi connectivity index (χ0v) is 13.4. The minimum atomic E-state index is 0.221. The Morgan fingerprint density at radius 1 is 1.24 bits per heavy atom. The Hall–Kier alpha value is -1.71. The maximum Gasteiger partial charge on any atom is 0.190 e. The Kier molecular flexibility index (Phi) is 5.90. The first-order valence-corrected chi connectivity index (χ1v) is 7.87. The van der Waals surface area contributed by atoms with Gasteiger partial charge in [-0.3, -0.25) is 4.99 Å². The predicted octanol–water partition coefficient (Wildman–Crippen LogP) is 2.59. The first-order valence-electron chi connectivity index (χ1n) is 7.87. The van der Waals surface area contributed by atoms with Gasteiger partial charge in [-0.2, -0.15) is 0 Å². The third-order valence-electron chi connectivity index (χ3n) is 3.48. The molecule has 1 fully saturated rings. The molecular weight excluding hydrogens is 262 g/mol. The Bertz CT molecular complexity index is 450. The second-order valence-electron chi connectivity index (χ2n) is 5.88. The molecule has 0 heterocycles. The highest BCUT2D eigenvalue weighted by Gasteiger charge is 2.20. The minimum Gasteiger partial charge on any atom is -0.491 e. The van der Waals surface area contributed by atoms with Crippen molar-refractivity contribution < 1.29 is 4.74 Å². The van der Waals surface area contributed by atoms with E-state index in [0.717, 1.165) is 37.1 Å². The maximum absolute atomic E-state index is 5.64. The third kappa shape index (κ3) is 6.06. The van der Waals surface area contributed by atoms with Gasteiger partial charge in [0.15, 0.2) is 5.96 Å². The van der Waals surface area contributed by atoms with E-state index >= 15 is 0 Å². The number of hydrogen-bond acceptors (Lipinski definition) is 2. The van der Waals surface area contributed by atoms with Crippen molar-refractivity contribution in [2.45, 2.75) is 39.2 Å². The molecule has 1 aromatic rings. The van der Waals surface area contributed by atoms with E-state index in [0.29, 0.717) is 0 Å². The highest BCUT2D eigenvalue weighted by molar-refractivity contribution is 5.79. The summed E-state index contributed by atoms with van der Waals surface area (Å²) in [5, 5.41) is 6.72. The van der Waals surface area contributed by atoms with Crippen molar-refractivity contribution in [3.63, 3.8) is 0 Å². The molecule has 0 atom stereocenters. The van der Waals surface area contributed by atoms with Crippen molar-refractivity contribution in [1.82, 2.24) is 10.6 Å². The van der Waals surface area contributed by atoms with Crippen molar-refractivity contribution in [3.05, 3.63) is 29.8 Å².